The van der Waals surface area contributed by atoms with Gasteiger partial charge in [0.05, 0.1) is 10.2 Å². The summed E-state index contributed by atoms with van der Waals surface area (Å²) >= 11 is 1.40. The zero-order valence-corrected chi connectivity index (χ0v) is 11.1. The van der Waals surface area contributed by atoms with Crippen molar-refractivity contribution in [3.8, 4) is 0 Å². The van der Waals surface area contributed by atoms with Crippen molar-refractivity contribution in [2.24, 2.45) is 0 Å². The molecule has 19 heavy (non-hydrogen) atoms. The van der Waals surface area contributed by atoms with E-state index in [4.69, 9.17) is 0 Å². The van der Waals surface area contributed by atoms with E-state index in [9.17, 15) is 9.18 Å². The van der Waals surface area contributed by atoms with E-state index in [0.29, 0.717) is 19.0 Å². The van der Waals surface area contributed by atoms with Gasteiger partial charge in [0.2, 0.25) is 5.91 Å². The van der Waals surface area contributed by atoms with E-state index in [1.807, 2.05) is 0 Å². The molecule has 0 saturated heterocycles. The first-order valence-electron chi connectivity index (χ1n) is 6.30. The van der Waals surface area contributed by atoms with Gasteiger partial charge in [-0.25, -0.2) is 9.37 Å². The van der Waals surface area contributed by atoms with Gasteiger partial charge >= 0.3 is 0 Å². The van der Waals surface area contributed by atoms with Gasteiger partial charge in [-0.05, 0) is 31.0 Å². The topological polar surface area (TPSA) is 54.0 Å². The summed E-state index contributed by atoms with van der Waals surface area (Å²) in [5.74, 6) is -0.186. The van der Waals surface area contributed by atoms with Crippen LogP contribution in [0.25, 0.3) is 10.2 Å². The minimum absolute atomic E-state index is 0.0714. The number of amides is 1. The van der Waals surface area contributed by atoms with Crippen LogP contribution in [-0.4, -0.2) is 23.5 Å². The lowest BCUT2D eigenvalue weighted by Gasteiger charge is -2.03. The first-order valence-corrected chi connectivity index (χ1v) is 7.12. The molecule has 4 nitrogen and oxygen atoms in total. The number of benzene rings is 1. The molecule has 2 N–H and O–H groups in total. The van der Waals surface area contributed by atoms with E-state index in [-0.39, 0.29) is 11.7 Å². The second-order valence-corrected chi connectivity index (χ2v) is 5.68. The van der Waals surface area contributed by atoms with Crippen LogP contribution in [0.15, 0.2) is 18.2 Å². The lowest BCUT2D eigenvalue weighted by atomic mass is 10.3. The van der Waals surface area contributed by atoms with E-state index in [2.05, 4.69) is 15.6 Å². The molecule has 1 fully saturated rings. The van der Waals surface area contributed by atoms with Gasteiger partial charge in [0.25, 0.3) is 0 Å². The molecule has 1 aromatic heterocycles. The van der Waals surface area contributed by atoms with Crippen molar-refractivity contribution < 1.29 is 9.18 Å². The number of carbonyl (C=O) groups is 1. The van der Waals surface area contributed by atoms with Crippen molar-refractivity contribution in [1.82, 2.24) is 10.3 Å². The van der Waals surface area contributed by atoms with Gasteiger partial charge in [-0.15, -0.1) is 0 Å². The molecule has 2 aromatic rings. The molecule has 0 radical (unpaired) electrons. The molecule has 1 aromatic carbocycles. The molecule has 6 heteroatoms. The SMILES string of the molecule is O=C(CCNc1nc2ccc(F)cc2s1)NC1CC1. The van der Waals surface area contributed by atoms with Crippen molar-refractivity contribution in [2.45, 2.75) is 25.3 Å². The van der Waals surface area contributed by atoms with Crippen LogP contribution >= 0.6 is 11.3 Å². The molecule has 0 atom stereocenters. The van der Waals surface area contributed by atoms with Gasteiger partial charge in [-0.3, -0.25) is 4.79 Å². The maximum Gasteiger partial charge on any atom is 0.221 e. The van der Waals surface area contributed by atoms with E-state index < -0.39 is 0 Å². The number of nitrogens with zero attached hydrogens (tertiary/aromatic N) is 1. The summed E-state index contributed by atoms with van der Waals surface area (Å²) in [6.45, 7) is 0.543. The average molecular weight is 279 g/mol. The Labute approximate surface area is 114 Å². The van der Waals surface area contributed by atoms with E-state index in [1.165, 1.54) is 23.5 Å². The van der Waals surface area contributed by atoms with Crippen molar-refractivity contribution in [3.63, 3.8) is 0 Å². The van der Waals surface area contributed by atoms with E-state index in [1.54, 1.807) is 6.07 Å². The van der Waals surface area contributed by atoms with Gasteiger partial charge < -0.3 is 10.6 Å². The largest absolute Gasteiger partial charge is 0.361 e. The van der Waals surface area contributed by atoms with Crippen LogP contribution in [0.4, 0.5) is 9.52 Å². The van der Waals surface area contributed by atoms with Crippen LogP contribution in [-0.2, 0) is 4.79 Å². The fraction of sp³-hybridized carbons (Fsp3) is 0.385. The van der Waals surface area contributed by atoms with Crippen LogP contribution in [0.2, 0.25) is 0 Å². The standard InChI is InChI=1S/C13H14FN3OS/c14-8-1-4-10-11(7-8)19-13(17-10)15-6-5-12(18)16-9-2-3-9/h1,4,7,9H,2-3,5-6H2,(H,15,17)(H,16,18). The average Bonchev–Trinajstić information content (AvgIpc) is 3.07. The minimum Gasteiger partial charge on any atom is -0.361 e. The Morgan fingerprint density at radius 1 is 1.47 bits per heavy atom. The summed E-state index contributed by atoms with van der Waals surface area (Å²) in [5, 5.41) is 6.75. The van der Waals surface area contributed by atoms with E-state index >= 15 is 0 Å². The smallest absolute Gasteiger partial charge is 0.221 e. The molecule has 0 unspecified atom stereocenters. The fourth-order valence-electron chi connectivity index (χ4n) is 1.78. The Morgan fingerprint density at radius 3 is 3.11 bits per heavy atom. The highest BCUT2D eigenvalue weighted by Gasteiger charge is 2.22. The summed E-state index contributed by atoms with van der Waals surface area (Å²) < 4.78 is 13.8. The molecular weight excluding hydrogens is 265 g/mol. The molecule has 1 aliphatic carbocycles. The highest BCUT2D eigenvalue weighted by atomic mass is 32.1. The number of rotatable bonds is 5. The number of hydrogen-bond acceptors (Lipinski definition) is 4. The molecule has 100 valence electrons. The maximum atomic E-state index is 13.0. The van der Waals surface area contributed by atoms with Gasteiger partial charge in [0.1, 0.15) is 5.82 Å². The van der Waals surface area contributed by atoms with Crippen LogP contribution in [0.5, 0.6) is 0 Å². The molecule has 1 saturated carbocycles. The van der Waals surface area contributed by atoms with Crippen molar-refractivity contribution in [1.29, 1.82) is 0 Å². The number of carbonyl (C=O) groups excluding carboxylic acids is 1. The van der Waals surface area contributed by atoms with Gasteiger partial charge in [-0.2, -0.15) is 0 Å². The van der Waals surface area contributed by atoms with Crippen molar-refractivity contribution in [2.75, 3.05) is 11.9 Å². The fourth-order valence-corrected chi connectivity index (χ4v) is 2.70. The van der Waals surface area contributed by atoms with E-state index in [0.717, 1.165) is 28.2 Å². The summed E-state index contributed by atoms with van der Waals surface area (Å²) in [6, 6.07) is 4.93. The molecule has 0 bridgehead atoms. The molecular formula is C13H14FN3OS. The van der Waals surface area contributed by atoms with Crippen LogP contribution in [0, 0.1) is 5.82 Å². The first-order chi connectivity index (χ1) is 9.20. The van der Waals surface area contributed by atoms with Gasteiger partial charge in [-0.1, -0.05) is 11.3 Å². The Kier molecular flexibility index (Phi) is 3.33. The molecule has 1 heterocycles. The predicted molar refractivity (Wildman–Crippen MR) is 73.8 cm³/mol. The number of fused-ring (bicyclic) bond motifs is 1. The summed E-state index contributed by atoms with van der Waals surface area (Å²) in [4.78, 5) is 15.8. The molecule has 1 aliphatic rings. The summed E-state index contributed by atoms with van der Waals surface area (Å²) in [6.07, 6.45) is 2.63. The third-order valence-electron chi connectivity index (χ3n) is 2.92. The highest BCUT2D eigenvalue weighted by molar-refractivity contribution is 7.22. The monoisotopic (exact) mass is 279 g/mol. The van der Waals surface area contributed by atoms with Crippen molar-refractivity contribution in [3.05, 3.63) is 24.0 Å². The highest BCUT2D eigenvalue weighted by Crippen LogP contribution is 2.26. The predicted octanol–water partition coefficient (Wildman–Crippen LogP) is 2.52. The number of nitrogens with one attached hydrogen (secondary N) is 2. The summed E-state index contributed by atoms with van der Waals surface area (Å²) in [5.41, 5.74) is 0.774. The molecule has 3 rings (SSSR count). The van der Waals surface area contributed by atoms with Gasteiger partial charge in [0.15, 0.2) is 5.13 Å². The van der Waals surface area contributed by atoms with Crippen molar-refractivity contribution >= 4 is 32.6 Å². The maximum absolute atomic E-state index is 13.0. The lowest BCUT2D eigenvalue weighted by molar-refractivity contribution is -0.120. The third-order valence-corrected chi connectivity index (χ3v) is 3.90. The summed E-state index contributed by atoms with van der Waals surface area (Å²) in [7, 11) is 0. The van der Waals surface area contributed by atoms with Crippen LogP contribution in [0.1, 0.15) is 19.3 Å². The number of thiazole rings is 1. The number of halogens is 1. The Balaban J connectivity index is 1.54. The quantitative estimate of drug-likeness (QED) is 0.884. The van der Waals surface area contributed by atoms with Crippen LogP contribution in [0.3, 0.4) is 0 Å². The number of anilines is 1. The Hall–Kier alpha value is -1.69. The number of aromatic nitrogens is 1. The second kappa shape index (κ2) is 5.13. The van der Waals surface area contributed by atoms with Crippen LogP contribution < -0.4 is 10.6 Å². The Bertz CT molecular complexity index is 609. The minimum atomic E-state index is -0.258. The Morgan fingerprint density at radius 2 is 2.32 bits per heavy atom. The molecule has 0 aliphatic heterocycles. The zero-order chi connectivity index (χ0) is 13.2. The number of hydrogen-bond donors (Lipinski definition) is 2. The third kappa shape index (κ3) is 3.20. The normalized spacial score (nSPS) is 14.6. The molecule has 0 spiro atoms. The van der Waals surface area contributed by atoms with Gasteiger partial charge in [0, 0.05) is 19.0 Å². The molecule has 1 amide bonds. The first kappa shape index (κ1) is 12.3. The lowest BCUT2D eigenvalue weighted by Crippen LogP contribution is -2.27. The second-order valence-electron chi connectivity index (χ2n) is 4.65. The zero-order valence-electron chi connectivity index (χ0n) is 10.3.